The van der Waals surface area contributed by atoms with Crippen molar-refractivity contribution in [1.29, 1.82) is 0 Å². The number of nitrogens with zero attached hydrogens (tertiary/aromatic N) is 1. The summed E-state index contributed by atoms with van der Waals surface area (Å²) in [7, 11) is 0. The van der Waals surface area contributed by atoms with Crippen LogP contribution >= 0.6 is 12.2 Å². The lowest BCUT2D eigenvalue weighted by Gasteiger charge is -2.15. The number of rotatable bonds is 3. The van der Waals surface area contributed by atoms with Crippen molar-refractivity contribution in [1.82, 2.24) is 5.32 Å². The molecule has 0 atom stereocenters. The fourth-order valence-electron chi connectivity index (χ4n) is 2.61. The van der Waals surface area contributed by atoms with Gasteiger partial charge in [-0.1, -0.05) is 55.8 Å². The van der Waals surface area contributed by atoms with Crippen molar-refractivity contribution < 1.29 is 4.79 Å². The van der Waals surface area contributed by atoms with E-state index >= 15 is 0 Å². The van der Waals surface area contributed by atoms with E-state index in [0.29, 0.717) is 16.7 Å². The summed E-state index contributed by atoms with van der Waals surface area (Å²) >= 11 is 5.35. The highest BCUT2D eigenvalue weighted by atomic mass is 32.1. The minimum atomic E-state index is -0.127. The minimum absolute atomic E-state index is 0.127. The molecule has 1 fully saturated rings. The van der Waals surface area contributed by atoms with E-state index < -0.39 is 0 Å². The molecule has 0 aliphatic carbocycles. The van der Waals surface area contributed by atoms with Crippen molar-refractivity contribution in [3.63, 3.8) is 0 Å². The lowest BCUT2D eigenvalue weighted by Crippen LogP contribution is -2.30. The molecule has 1 N–H and O–H groups in total. The van der Waals surface area contributed by atoms with Gasteiger partial charge in [-0.2, -0.15) is 0 Å². The zero-order valence-electron chi connectivity index (χ0n) is 14.0. The molecule has 4 heteroatoms. The Morgan fingerprint density at radius 3 is 2.25 bits per heavy atom. The summed E-state index contributed by atoms with van der Waals surface area (Å²) in [6.07, 6.45) is 1.83. The fourth-order valence-corrected chi connectivity index (χ4v) is 2.91. The van der Waals surface area contributed by atoms with Crippen LogP contribution in [0.2, 0.25) is 0 Å². The number of amides is 1. The molecule has 1 aliphatic heterocycles. The Hall–Kier alpha value is -2.46. The summed E-state index contributed by atoms with van der Waals surface area (Å²) in [5.41, 5.74) is 4.67. The number of nitrogens with one attached hydrogen (secondary N) is 1. The summed E-state index contributed by atoms with van der Waals surface area (Å²) in [5.74, 6) is 0.327. The number of hydrogen-bond donors (Lipinski definition) is 1. The van der Waals surface area contributed by atoms with Gasteiger partial charge in [-0.25, -0.2) is 0 Å². The molecule has 0 spiro atoms. The predicted octanol–water partition coefficient (Wildman–Crippen LogP) is 4.38. The first-order valence-corrected chi connectivity index (χ1v) is 8.40. The Labute approximate surface area is 148 Å². The molecule has 0 saturated carbocycles. The number of benzene rings is 2. The third-order valence-corrected chi connectivity index (χ3v) is 4.37. The van der Waals surface area contributed by atoms with Crippen LogP contribution in [0.1, 0.15) is 36.5 Å². The van der Waals surface area contributed by atoms with Crippen LogP contribution < -0.4 is 10.2 Å². The molecule has 3 rings (SSSR count). The predicted molar refractivity (Wildman–Crippen MR) is 103 cm³/mol. The van der Waals surface area contributed by atoms with Gasteiger partial charge in [0.2, 0.25) is 0 Å². The zero-order chi connectivity index (χ0) is 17.3. The van der Waals surface area contributed by atoms with Gasteiger partial charge >= 0.3 is 0 Å². The summed E-state index contributed by atoms with van der Waals surface area (Å²) in [6, 6.07) is 16.0. The van der Waals surface area contributed by atoms with E-state index in [1.54, 1.807) is 4.90 Å². The quantitative estimate of drug-likeness (QED) is 0.667. The van der Waals surface area contributed by atoms with E-state index in [1.165, 1.54) is 11.1 Å². The Kier molecular flexibility index (Phi) is 4.49. The van der Waals surface area contributed by atoms with E-state index in [4.69, 9.17) is 12.2 Å². The van der Waals surface area contributed by atoms with Crippen molar-refractivity contribution >= 4 is 35.0 Å². The second kappa shape index (κ2) is 6.57. The maximum atomic E-state index is 12.7. The molecule has 1 saturated heterocycles. The first-order valence-electron chi connectivity index (χ1n) is 7.99. The Bertz CT molecular complexity index is 805. The lowest BCUT2D eigenvalue weighted by molar-refractivity contribution is -0.113. The smallest absolute Gasteiger partial charge is 0.281 e. The molecule has 0 bridgehead atoms. The SMILES string of the molecule is Cc1ccc(/C=C2/NC(=S)N(c3ccc(C(C)C)cc3)C2=O)cc1. The van der Waals surface area contributed by atoms with Gasteiger partial charge in [-0.05, 0) is 54.4 Å². The van der Waals surface area contributed by atoms with Gasteiger partial charge in [-0.15, -0.1) is 0 Å². The standard InChI is InChI=1S/C20H20N2OS/c1-13(2)16-8-10-17(11-9-16)22-19(23)18(21-20(22)24)12-15-6-4-14(3)5-7-15/h4-13H,1-3H3,(H,21,24)/b18-12+. The number of aryl methyl sites for hydroxylation is 1. The van der Waals surface area contributed by atoms with E-state index in [0.717, 1.165) is 11.3 Å². The topological polar surface area (TPSA) is 32.3 Å². The van der Waals surface area contributed by atoms with Crippen molar-refractivity contribution in [2.75, 3.05) is 4.90 Å². The number of carbonyl (C=O) groups excluding carboxylic acids is 1. The maximum Gasteiger partial charge on any atom is 0.281 e. The van der Waals surface area contributed by atoms with Crippen LogP contribution in [0, 0.1) is 6.92 Å². The van der Waals surface area contributed by atoms with Crippen LogP contribution in [0.3, 0.4) is 0 Å². The number of carbonyl (C=O) groups is 1. The molecule has 0 aromatic heterocycles. The molecule has 1 amide bonds. The van der Waals surface area contributed by atoms with Gasteiger partial charge < -0.3 is 5.32 Å². The Balaban J connectivity index is 1.87. The van der Waals surface area contributed by atoms with Crippen LogP contribution in [-0.2, 0) is 4.79 Å². The van der Waals surface area contributed by atoms with Crippen LogP contribution in [-0.4, -0.2) is 11.0 Å². The van der Waals surface area contributed by atoms with Gasteiger partial charge in [0.25, 0.3) is 5.91 Å². The summed E-state index contributed by atoms with van der Waals surface area (Å²) < 4.78 is 0. The average Bonchev–Trinajstić information content (AvgIpc) is 2.83. The van der Waals surface area contributed by atoms with Crippen LogP contribution in [0.25, 0.3) is 6.08 Å². The second-order valence-corrected chi connectivity index (χ2v) is 6.67. The van der Waals surface area contributed by atoms with Crippen molar-refractivity contribution in [3.05, 3.63) is 70.9 Å². The summed E-state index contributed by atoms with van der Waals surface area (Å²) in [5, 5.41) is 3.43. The molecular weight excluding hydrogens is 316 g/mol. The first-order chi connectivity index (χ1) is 11.5. The van der Waals surface area contributed by atoms with Crippen molar-refractivity contribution in [2.24, 2.45) is 0 Å². The van der Waals surface area contributed by atoms with Gasteiger partial charge in [0.15, 0.2) is 5.11 Å². The maximum absolute atomic E-state index is 12.7. The zero-order valence-corrected chi connectivity index (χ0v) is 14.9. The molecule has 2 aromatic rings. The van der Waals surface area contributed by atoms with Crippen LogP contribution in [0.4, 0.5) is 5.69 Å². The normalized spacial score (nSPS) is 16.2. The molecule has 2 aromatic carbocycles. The molecule has 1 heterocycles. The second-order valence-electron chi connectivity index (χ2n) is 6.29. The fraction of sp³-hybridized carbons (Fsp3) is 0.200. The Morgan fingerprint density at radius 1 is 1.04 bits per heavy atom. The summed E-state index contributed by atoms with van der Waals surface area (Å²) in [4.78, 5) is 14.3. The molecule has 0 radical (unpaired) electrons. The number of thiocarbonyl (C=S) groups is 1. The van der Waals surface area contributed by atoms with Crippen molar-refractivity contribution in [3.8, 4) is 0 Å². The third kappa shape index (κ3) is 3.24. The van der Waals surface area contributed by atoms with Gasteiger partial charge in [-0.3, -0.25) is 9.69 Å². The molecule has 122 valence electrons. The largest absolute Gasteiger partial charge is 0.327 e. The Morgan fingerprint density at radius 2 is 1.67 bits per heavy atom. The van der Waals surface area contributed by atoms with E-state index in [9.17, 15) is 4.79 Å². The highest BCUT2D eigenvalue weighted by molar-refractivity contribution is 7.80. The molecule has 3 nitrogen and oxygen atoms in total. The highest BCUT2D eigenvalue weighted by Crippen LogP contribution is 2.25. The summed E-state index contributed by atoms with van der Waals surface area (Å²) in [6.45, 7) is 6.32. The molecule has 1 aliphatic rings. The van der Waals surface area contributed by atoms with E-state index in [2.05, 4.69) is 19.2 Å². The van der Waals surface area contributed by atoms with Crippen LogP contribution in [0.5, 0.6) is 0 Å². The number of hydrogen-bond acceptors (Lipinski definition) is 2. The van der Waals surface area contributed by atoms with Crippen molar-refractivity contribution in [2.45, 2.75) is 26.7 Å². The van der Waals surface area contributed by atoms with Gasteiger partial charge in [0.05, 0.1) is 5.69 Å². The lowest BCUT2D eigenvalue weighted by atomic mass is 10.0. The monoisotopic (exact) mass is 336 g/mol. The van der Waals surface area contributed by atoms with E-state index in [1.807, 2.05) is 61.5 Å². The molecule has 0 unspecified atom stereocenters. The minimum Gasteiger partial charge on any atom is -0.327 e. The first kappa shape index (κ1) is 16.4. The van der Waals surface area contributed by atoms with Gasteiger partial charge in [0, 0.05) is 0 Å². The van der Waals surface area contributed by atoms with E-state index in [-0.39, 0.29) is 5.91 Å². The highest BCUT2D eigenvalue weighted by Gasteiger charge is 2.31. The van der Waals surface area contributed by atoms with Gasteiger partial charge in [0.1, 0.15) is 5.70 Å². The molecular formula is C20H20N2OS. The number of anilines is 1. The molecule has 24 heavy (non-hydrogen) atoms. The van der Waals surface area contributed by atoms with Crippen LogP contribution in [0.15, 0.2) is 54.2 Å². The third-order valence-electron chi connectivity index (χ3n) is 4.08. The average molecular weight is 336 g/mol.